The third-order valence-electron chi connectivity index (χ3n) is 1.74. The number of halogens is 1. The Balaban J connectivity index is 2.91. The number of carbonyl (C=O) groups is 1. The lowest BCUT2D eigenvalue weighted by Crippen LogP contribution is -2.04. The second-order valence-electron chi connectivity index (χ2n) is 2.80. The molecule has 0 spiro atoms. The molecule has 0 radical (unpaired) electrons. The summed E-state index contributed by atoms with van der Waals surface area (Å²) in [6, 6.07) is 5.18. The quantitative estimate of drug-likeness (QED) is 0.598. The van der Waals surface area contributed by atoms with Crippen molar-refractivity contribution >= 4 is 29.3 Å². The van der Waals surface area contributed by atoms with Gasteiger partial charge in [-0.05, 0) is 30.9 Å². The van der Waals surface area contributed by atoms with E-state index in [2.05, 4.69) is 0 Å². The van der Waals surface area contributed by atoms with Crippen LogP contribution in [-0.4, -0.2) is 18.3 Å². The van der Waals surface area contributed by atoms with Crippen LogP contribution in [0.3, 0.4) is 0 Å². The molecule has 2 nitrogen and oxygen atoms in total. The lowest BCUT2D eigenvalue weighted by Gasteiger charge is -2.05. The van der Waals surface area contributed by atoms with Gasteiger partial charge in [-0.3, -0.25) is 0 Å². The van der Waals surface area contributed by atoms with E-state index in [4.69, 9.17) is 16.3 Å². The Morgan fingerprint density at radius 3 is 2.80 bits per heavy atom. The molecule has 0 N–H and O–H groups in total. The molecule has 0 aliphatic carbocycles. The minimum atomic E-state index is -0.299. The molecule has 0 heterocycles. The van der Waals surface area contributed by atoms with E-state index in [0.29, 0.717) is 17.2 Å². The van der Waals surface area contributed by atoms with Crippen LogP contribution < -0.4 is 0 Å². The fourth-order valence-electron chi connectivity index (χ4n) is 1.11. The van der Waals surface area contributed by atoms with Gasteiger partial charge in [0.15, 0.2) is 0 Å². The smallest absolute Gasteiger partial charge is 0.338 e. The molecule has 0 aliphatic heterocycles. The van der Waals surface area contributed by atoms with Crippen molar-refractivity contribution < 1.29 is 9.53 Å². The van der Waals surface area contributed by atoms with Crippen molar-refractivity contribution in [2.45, 2.75) is 18.7 Å². The average Bonchev–Trinajstić information content (AvgIpc) is 2.22. The van der Waals surface area contributed by atoms with E-state index in [9.17, 15) is 4.79 Å². The van der Waals surface area contributed by atoms with E-state index in [1.807, 2.05) is 6.92 Å². The zero-order valence-corrected chi connectivity index (χ0v) is 10.3. The van der Waals surface area contributed by atoms with E-state index in [-0.39, 0.29) is 5.97 Å². The minimum Gasteiger partial charge on any atom is -0.462 e. The maximum absolute atomic E-state index is 11.4. The lowest BCUT2D eigenvalue weighted by molar-refractivity contribution is 0.0526. The van der Waals surface area contributed by atoms with Crippen LogP contribution in [0, 0.1) is 0 Å². The first kappa shape index (κ1) is 12.4. The standard InChI is InChI=1S/C11H13ClO2S/c1-3-14-11(13)8-5-6-9(12)10(7-8)15-4-2/h5-7H,3-4H2,1-2H3. The summed E-state index contributed by atoms with van der Waals surface area (Å²) in [6.45, 7) is 4.21. The van der Waals surface area contributed by atoms with E-state index in [1.54, 1.807) is 36.9 Å². The summed E-state index contributed by atoms with van der Waals surface area (Å²) in [4.78, 5) is 12.4. The van der Waals surface area contributed by atoms with Crippen molar-refractivity contribution in [2.24, 2.45) is 0 Å². The van der Waals surface area contributed by atoms with Gasteiger partial charge in [0.25, 0.3) is 0 Å². The maximum atomic E-state index is 11.4. The molecule has 0 saturated carbocycles. The highest BCUT2D eigenvalue weighted by molar-refractivity contribution is 7.99. The molecular formula is C11H13ClO2S. The van der Waals surface area contributed by atoms with Gasteiger partial charge in [-0.2, -0.15) is 0 Å². The first-order valence-corrected chi connectivity index (χ1v) is 6.14. The van der Waals surface area contributed by atoms with Crippen molar-refractivity contribution in [1.29, 1.82) is 0 Å². The van der Waals surface area contributed by atoms with Gasteiger partial charge in [-0.1, -0.05) is 18.5 Å². The average molecular weight is 245 g/mol. The fourth-order valence-corrected chi connectivity index (χ4v) is 2.12. The second kappa shape index (κ2) is 6.03. The predicted molar refractivity (Wildman–Crippen MR) is 63.8 cm³/mol. The molecule has 0 aliphatic rings. The van der Waals surface area contributed by atoms with Crippen molar-refractivity contribution in [3.8, 4) is 0 Å². The number of hydrogen-bond acceptors (Lipinski definition) is 3. The maximum Gasteiger partial charge on any atom is 0.338 e. The van der Waals surface area contributed by atoms with Crippen LogP contribution in [0.2, 0.25) is 5.02 Å². The Morgan fingerprint density at radius 1 is 1.47 bits per heavy atom. The summed E-state index contributed by atoms with van der Waals surface area (Å²) in [6.07, 6.45) is 0. The molecular weight excluding hydrogens is 232 g/mol. The molecule has 1 rings (SSSR count). The summed E-state index contributed by atoms with van der Waals surface area (Å²) < 4.78 is 4.91. The number of hydrogen-bond donors (Lipinski definition) is 0. The van der Waals surface area contributed by atoms with Gasteiger partial charge in [0.2, 0.25) is 0 Å². The molecule has 82 valence electrons. The Labute approximate surface area is 99.0 Å². The molecule has 1 aromatic rings. The summed E-state index contributed by atoms with van der Waals surface area (Å²) in [5, 5.41) is 0.676. The Bertz CT molecular complexity index is 352. The molecule has 0 unspecified atom stereocenters. The van der Waals surface area contributed by atoms with Gasteiger partial charge >= 0.3 is 5.97 Å². The van der Waals surface area contributed by atoms with Crippen LogP contribution in [0.5, 0.6) is 0 Å². The molecule has 4 heteroatoms. The minimum absolute atomic E-state index is 0.299. The van der Waals surface area contributed by atoms with Crippen molar-refractivity contribution in [3.05, 3.63) is 28.8 Å². The zero-order chi connectivity index (χ0) is 11.3. The molecule has 0 atom stereocenters. The van der Waals surface area contributed by atoms with Gasteiger partial charge in [-0.25, -0.2) is 4.79 Å². The monoisotopic (exact) mass is 244 g/mol. The van der Waals surface area contributed by atoms with Crippen LogP contribution in [0.15, 0.2) is 23.1 Å². The van der Waals surface area contributed by atoms with Gasteiger partial charge in [0.1, 0.15) is 0 Å². The number of thioether (sulfide) groups is 1. The second-order valence-corrected chi connectivity index (χ2v) is 4.51. The molecule has 0 saturated heterocycles. The highest BCUT2D eigenvalue weighted by Crippen LogP contribution is 2.28. The summed E-state index contributed by atoms with van der Waals surface area (Å²) in [5.41, 5.74) is 0.553. The molecule has 0 bridgehead atoms. The Hall–Kier alpha value is -0.670. The van der Waals surface area contributed by atoms with Crippen molar-refractivity contribution in [2.75, 3.05) is 12.4 Å². The van der Waals surface area contributed by atoms with Crippen LogP contribution in [0.1, 0.15) is 24.2 Å². The molecule has 0 amide bonds. The van der Waals surface area contributed by atoms with Gasteiger partial charge in [-0.15, -0.1) is 11.8 Å². The number of ether oxygens (including phenoxy) is 1. The Morgan fingerprint density at radius 2 is 2.20 bits per heavy atom. The van der Waals surface area contributed by atoms with Crippen molar-refractivity contribution in [1.82, 2.24) is 0 Å². The highest BCUT2D eigenvalue weighted by atomic mass is 35.5. The number of carbonyl (C=O) groups excluding carboxylic acids is 1. The molecule has 0 fully saturated rings. The molecule has 15 heavy (non-hydrogen) atoms. The zero-order valence-electron chi connectivity index (χ0n) is 8.75. The van der Waals surface area contributed by atoms with E-state index in [0.717, 1.165) is 10.6 Å². The highest BCUT2D eigenvalue weighted by Gasteiger charge is 2.09. The lowest BCUT2D eigenvalue weighted by atomic mass is 10.2. The largest absolute Gasteiger partial charge is 0.462 e. The summed E-state index contributed by atoms with van der Waals surface area (Å²) >= 11 is 7.60. The molecule has 0 aromatic heterocycles. The number of benzene rings is 1. The summed E-state index contributed by atoms with van der Waals surface area (Å²) in [7, 11) is 0. The van der Waals surface area contributed by atoms with E-state index >= 15 is 0 Å². The van der Waals surface area contributed by atoms with Gasteiger partial charge in [0.05, 0.1) is 17.2 Å². The Kier molecular flexibility index (Phi) is 4.99. The fraction of sp³-hybridized carbons (Fsp3) is 0.364. The van der Waals surface area contributed by atoms with E-state index in [1.165, 1.54) is 0 Å². The third-order valence-corrected chi connectivity index (χ3v) is 3.12. The predicted octanol–water partition coefficient (Wildman–Crippen LogP) is 3.63. The van der Waals surface area contributed by atoms with Gasteiger partial charge < -0.3 is 4.74 Å². The van der Waals surface area contributed by atoms with Crippen LogP contribution in [-0.2, 0) is 4.74 Å². The van der Waals surface area contributed by atoms with E-state index < -0.39 is 0 Å². The summed E-state index contributed by atoms with van der Waals surface area (Å²) in [5.74, 6) is 0.624. The van der Waals surface area contributed by atoms with Gasteiger partial charge in [0, 0.05) is 4.90 Å². The first-order chi connectivity index (χ1) is 7.19. The third kappa shape index (κ3) is 3.43. The van der Waals surface area contributed by atoms with Crippen molar-refractivity contribution in [3.63, 3.8) is 0 Å². The number of esters is 1. The van der Waals surface area contributed by atoms with Crippen LogP contribution in [0.25, 0.3) is 0 Å². The van der Waals surface area contributed by atoms with Crippen LogP contribution in [0.4, 0.5) is 0 Å². The van der Waals surface area contributed by atoms with Crippen LogP contribution >= 0.6 is 23.4 Å². The normalized spacial score (nSPS) is 10.1. The first-order valence-electron chi connectivity index (χ1n) is 4.78. The topological polar surface area (TPSA) is 26.3 Å². The molecule has 1 aromatic carbocycles. The SMILES string of the molecule is CCOC(=O)c1ccc(Cl)c(SCC)c1. The number of rotatable bonds is 4.